The van der Waals surface area contributed by atoms with Crippen LogP contribution in [0.25, 0.3) is 0 Å². The summed E-state index contributed by atoms with van der Waals surface area (Å²) in [6.07, 6.45) is -0.734. The molecular formula is C20H28N2O6. The molecule has 0 aromatic heterocycles. The van der Waals surface area contributed by atoms with Crippen molar-refractivity contribution in [1.29, 1.82) is 0 Å². The maximum atomic E-state index is 12.3. The Balaban J connectivity index is 1.90. The van der Waals surface area contributed by atoms with Crippen molar-refractivity contribution < 1.29 is 28.6 Å². The summed E-state index contributed by atoms with van der Waals surface area (Å²) >= 11 is 0. The first-order valence-corrected chi connectivity index (χ1v) is 9.24. The molecule has 1 aromatic rings. The van der Waals surface area contributed by atoms with E-state index in [1.54, 1.807) is 43.9 Å². The van der Waals surface area contributed by atoms with Crippen molar-refractivity contribution in [3.8, 4) is 0 Å². The van der Waals surface area contributed by atoms with Crippen LogP contribution in [0.2, 0.25) is 0 Å². The van der Waals surface area contributed by atoms with E-state index in [2.05, 4.69) is 5.32 Å². The summed E-state index contributed by atoms with van der Waals surface area (Å²) in [5, 5.41) is 2.56. The zero-order valence-corrected chi connectivity index (χ0v) is 17.0. The van der Waals surface area contributed by atoms with E-state index in [0.717, 1.165) is 0 Å². The Bertz CT molecular complexity index is 718. The number of nitrogens with one attached hydrogen (secondary N) is 1. The van der Waals surface area contributed by atoms with Crippen LogP contribution in [0.3, 0.4) is 0 Å². The third kappa shape index (κ3) is 6.84. The van der Waals surface area contributed by atoms with E-state index >= 15 is 0 Å². The van der Waals surface area contributed by atoms with E-state index < -0.39 is 17.7 Å². The first-order chi connectivity index (χ1) is 13.0. The van der Waals surface area contributed by atoms with E-state index in [1.165, 1.54) is 6.07 Å². The van der Waals surface area contributed by atoms with Gasteiger partial charge in [0.05, 0.1) is 17.8 Å². The number of hydrogen-bond donors (Lipinski definition) is 1. The van der Waals surface area contributed by atoms with Gasteiger partial charge in [0.15, 0.2) is 6.61 Å². The largest absolute Gasteiger partial charge is 0.452 e. The van der Waals surface area contributed by atoms with Crippen LogP contribution < -0.4 is 5.32 Å². The number of amides is 2. The number of ether oxygens (including phenoxy) is 3. The standard InChI is InChI=1S/C20H28N2O6/c1-13-10-22(11-14(2)27-13)17(23)12-26-18(24)15-7-6-8-16(9-15)21-19(25)28-20(3,4)5/h6-9,13-14H,10-12H2,1-5H3,(H,21,25)/t13-,14-/m1/s1. The van der Waals surface area contributed by atoms with Crippen LogP contribution >= 0.6 is 0 Å². The minimum absolute atomic E-state index is 0.0565. The molecular weight excluding hydrogens is 364 g/mol. The van der Waals surface area contributed by atoms with Gasteiger partial charge in [-0.2, -0.15) is 0 Å². The third-order valence-corrected chi connectivity index (χ3v) is 3.84. The quantitative estimate of drug-likeness (QED) is 0.792. The lowest BCUT2D eigenvalue weighted by molar-refractivity contribution is -0.146. The van der Waals surface area contributed by atoms with Crippen LogP contribution in [0, 0.1) is 0 Å². The summed E-state index contributed by atoms with van der Waals surface area (Å²) in [4.78, 5) is 38.0. The number of rotatable bonds is 4. The zero-order chi connectivity index (χ0) is 20.9. The minimum atomic E-state index is -0.643. The molecule has 0 saturated carbocycles. The minimum Gasteiger partial charge on any atom is -0.452 e. The number of nitrogens with zero attached hydrogens (tertiary/aromatic N) is 1. The summed E-state index contributed by atoms with van der Waals surface area (Å²) in [7, 11) is 0. The van der Waals surface area contributed by atoms with Gasteiger partial charge in [-0.05, 0) is 52.8 Å². The number of carbonyl (C=O) groups is 3. The summed E-state index contributed by atoms with van der Waals surface area (Å²) < 4.78 is 15.9. The Morgan fingerprint density at radius 2 is 1.82 bits per heavy atom. The Morgan fingerprint density at radius 3 is 2.43 bits per heavy atom. The number of carbonyl (C=O) groups excluding carboxylic acids is 3. The van der Waals surface area contributed by atoms with Gasteiger partial charge >= 0.3 is 12.1 Å². The number of esters is 1. The molecule has 0 aliphatic carbocycles. The van der Waals surface area contributed by atoms with Gasteiger partial charge in [-0.1, -0.05) is 6.07 Å². The van der Waals surface area contributed by atoms with E-state index in [4.69, 9.17) is 14.2 Å². The lowest BCUT2D eigenvalue weighted by Gasteiger charge is -2.35. The molecule has 8 nitrogen and oxygen atoms in total. The van der Waals surface area contributed by atoms with Crippen molar-refractivity contribution in [3.63, 3.8) is 0 Å². The van der Waals surface area contributed by atoms with Gasteiger partial charge < -0.3 is 19.1 Å². The molecule has 2 atom stereocenters. The highest BCUT2D eigenvalue weighted by molar-refractivity contribution is 5.93. The third-order valence-electron chi connectivity index (χ3n) is 3.84. The van der Waals surface area contributed by atoms with E-state index in [0.29, 0.717) is 18.8 Å². The van der Waals surface area contributed by atoms with Gasteiger partial charge in [0.1, 0.15) is 5.60 Å². The summed E-state index contributed by atoms with van der Waals surface area (Å²) in [6.45, 7) is 9.65. The van der Waals surface area contributed by atoms with Gasteiger partial charge in [-0.25, -0.2) is 9.59 Å². The van der Waals surface area contributed by atoms with Crippen molar-refractivity contribution in [1.82, 2.24) is 4.90 Å². The monoisotopic (exact) mass is 392 g/mol. The molecule has 0 radical (unpaired) electrons. The predicted molar refractivity (Wildman–Crippen MR) is 103 cm³/mol. The van der Waals surface area contributed by atoms with E-state index in [-0.39, 0.29) is 30.3 Å². The van der Waals surface area contributed by atoms with Gasteiger partial charge in [-0.15, -0.1) is 0 Å². The molecule has 0 spiro atoms. The SMILES string of the molecule is C[C@@H]1CN(C(=O)COC(=O)c2cccc(NC(=O)OC(C)(C)C)c2)C[C@@H](C)O1. The zero-order valence-electron chi connectivity index (χ0n) is 17.0. The molecule has 28 heavy (non-hydrogen) atoms. The number of anilines is 1. The Labute approximate surface area is 165 Å². The van der Waals surface area contributed by atoms with Crippen molar-refractivity contribution in [2.24, 2.45) is 0 Å². The van der Waals surface area contributed by atoms with E-state index in [1.807, 2.05) is 13.8 Å². The van der Waals surface area contributed by atoms with Crippen molar-refractivity contribution in [3.05, 3.63) is 29.8 Å². The Morgan fingerprint density at radius 1 is 1.18 bits per heavy atom. The molecule has 154 valence electrons. The molecule has 1 heterocycles. The first kappa shape index (κ1) is 21.7. The molecule has 1 aliphatic heterocycles. The molecule has 0 unspecified atom stereocenters. The van der Waals surface area contributed by atoms with Gasteiger partial charge in [0, 0.05) is 18.8 Å². The van der Waals surface area contributed by atoms with Crippen LogP contribution in [0.4, 0.5) is 10.5 Å². The number of hydrogen-bond acceptors (Lipinski definition) is 6. The Kier molecular flexibility index (Phi) is 7.01. The van der Waals surface area contributed by atoms with Gasteiger partial charge in [0.2, 0.25) is 0 Å². The molecule has 1 saturated heterocycles. The molecule has 0 bridgehead atoms. The lowest BCUT2D eigenvalue weighted by atomic mass is 10.2. The van der Waals surface area contributed by atoms with E-state index in [9.17, 15) is 14.4 Å². The van der Waals surface area contributed by atoms with Crippen molar-refractivity contribution in [2.75, 3.05) is 25.0 Å². The Hall–Kier alpha value is -2.61. The topological polar surface area (TPSA) is 94.2 Å². The lowest BCUT2D eigenvalue weighted by Crippen LogP contribution is -2.49. The second-order valence-corrected chi connectivity index (χ2v) is 7.84. The van der Waals surface area contributed by atoms with Crippen LogP contribution in [-0.4, -0.2) is 60.4 Å². The molecule has 1 N–H and O–H groups in total. The van der Waals surface area contributed by atoms with Crippen LogP contribution in [0.1, 0.15) is 45.0 Å². The molecule has 1 fully saturated rings. The highest BCUT2D eigenvalue weighted by Gasteiger charge is 2.26. The smallest absolute Gasteiger partial charge is 0.412 e. The molecule has 2 rings (SSSR count). The van der Waals surface area contributed by atoms with Crippen LogP contribution in [0.5, 0.6) is 0 Å². The van der Waals surface area contributed by atoms with Gasteiger partial charge in [0.25, 0.3) is 5.91 Å². The highest BCUT2D eigenvalue weighted by atomic mass is 16.6. The fourth-order valence-corrected chi connectivity index (χ4v) is 2.83. The van der Waals surface area contributed by atoms with Crippen LogP contribution in [-0.2, 0) is 19.0 Å². The first-order valence-electron chi connectivity index (χ1n) is 9.24. The average molecular weight is 392 g/mol. The summed E-state index contributed by atoms with van der Waals surface area (Å²) in [6, 6.07) is 6.25. The molecule has 1 aliphatic rings. The second kappa shape index (κ2) is 9.05. The van der Waals surface area contributed by atoms with Crippen LogP contribution in [0.15, 0.2) is 24.3 Å². The average Bonchev–Trinajstić information content (AvgIpc) is 2.57. The second-order valence-electron chi connectivity index (χ2n) is 7.84. The molecule has 2 amide bonds. The highest BCUT2D eigenvalue weighted by Crippen LogP contribution is 2.15. The summed E-state index contributed by atoms with van der Waals surface area (Å²) in [5.74, 6) is -0.908. The van der Waals surface area contributed by atoms with Gasteiger partial charge in [-0.3, -0.25) is 10.1 Å². The molecule has 8 heteroatoms. The maximum Gasteiger partial charge on any atom is 0.412 e. The maximum absolute atomic E-state index is 12.3. The molecule has 1 aromatic carbocycles. The normalized spacial score (nSPS) is 19.7. The fraction of sp³-hybridized carbons (Fsp3) is 0.550. The predicted octanol–water partition coefficient (Wildman–Crippen LogP) is 2.83. The van der Waals surface area contributed by atoms with Crippen molar-refractivity contribution >= 4 is 23.7 Å². The fourth-order valence-electron chi connectivity index (χ4n) is 2.83. The summed E-state index contributed by atoms with van der Waals surface area (Å²) in [5.41, 5.74) is -0.00826. The number of morpholine rings is 1. The number of benzene rings is 1. The van der Waals surface area contributed by atoms with Crippen molar-refractivity contribution in [2.45, 2.75) is 52.4 Å².